The van der Waals surface area contributed by atoms with Gasteiger partial charge in [0.05, 0.1) is 12.8 Å². The number of ether oxygens (including phenoxy) is 1. The lowest BCUT2D eigenvalue weighted by molar-refractivity contribution is -0.147. The molecule has 0 aliphatic heterocycles. The minimum absolute atomic E-state index is 0.00554. The van der Waals surface area contributed by atoms with Gasteiger partial charge in [0, 0.05) is 17.8 Å². The van der Waals surface area contributed by atoms with E-state index in [4.69, 9.17) is 4.74 Å². The predicted octanol–water partition coefficient (Wildman–Crippen LogP) is 3.58. The lowest BCUT2D eigenvalue weighted by Crippen LogP contribution is -2.28. The number of carbonyl (C=O) groups excluding carboxylic acids is 3. The molecule has 0 aromatic heterocycles. The van der Waals surface area contributed by atoms with E-state index in [1.165, 1.54) is 0 Å². The highest BCUT2D eigenvalue weighted by Gasteiger charge is 2.11. The molecule has 0 saturated carbocycles. The molecule has 0 heterocycles. The van der Waals surface area contributed by atoms with Crippen molar-refractivity contribution >= 4 is 23.5 Å². The number of anilines is 1. The quantitative estimate of drug-likeness (QED) is 0.522. The maximum Gasteiger partial charge on any atom is 0.308 e. The molecule has 0 aliphatic rings. The Morgan fingerprint density at radius 1 is 0.742 bits per heavy atom. The van der Waals surface area contributed by atoms with Gasteiger partial charge in [-0.3, -0.25) is 14.4 Å². The summed E-state index contributed by atoms with van der Waals surface area (Å²) in [6.07, 6.45) is 0.244. The Morgan fingerprint density at radius 3 is 2.13 bits per heavy atom. The highest BCUT2D eigenvalue weighted by molar-refractivity contribution is 5.96. The summed E-state index contributed by atoms with van der Waals surface area (Å²) in [7, 11) is 0. The fourth-order valence-electron chi connectivity index (χ4n) is 3.01. The summed E-state index contributed by atoms with van der Waals surface area (Å²) in [6, 6.07) is 26.5. The summed E-state index contributed by atoms with van der Waals surface area (Å²) in [5, 5.41) is 5.45. The van der Waals surface area contributed by atoms with E-state index >= 15 is 0 Å². The number of carbonyl (C=O) groups is 3. The Hall–Kier alpha value is -3.93. The number of nitrogens with one attached hydrogen (secondary N) is 2. The first kappa shape index (κ1) is 21.8. The normalized spacial score (nSPS) is 10.2. The molecule has 2 N–H and O–H groups in total. The van der Waals surface area contributed by atoms with E-state index in [1.807, 2.05) is 78.9 Å². The molecule has 0 bridgehead atoms. The van der Waals surface area contributed by atoms with Crippen LogP contribution in [-0.2, 0) is 25.5 Å². The van der Waals surface area contributed by atoms with Gasteiger partial charge in [0.25, 0.3) is 5.91 Å². The number of rotatable bonds is 9. The Bertz CT molecular complexity index is 1020. The molecule has 0 aliphatic carbocycles. The molecule has 158 valence electrons. The van der Waals surface area contributed by atoms with Crippen molar-refractivity contribution in [3.8, 4) is 11.1 Å². The van der Waals surface area contributed by atoms with Crippen LogP contribution in [0.2, 0.25) is 0 Å². The van der Waals surface area contributed by atoms with Gasteiger partial charge in [-0.15, -0.1) is 0 Å². The second-order valence-corrected chi connectivity index (χ2v) is 6.88. The summed E-state index contributed by atoms with van der Waals surface area (Å²) in [6.45, 7) is -0.233. The molecule has 2 amide bonds. The van der Waals surface area contributed by atoms with Crippen LogP contribution in [0.3, 0.4) is 0 Å². The summed E-state index contributed by atoms with van der Waals surface area (Å²) in [4.78, 5) is 36.0. The smallest absolute Gasteiger partial charge is 0.308 e. The van der Waals surface area contributed by atoms with Gasteiger partial charge in [0.2, 0.25) is 5.91 Å². The van der Waals surface area contributed by atoms with E-state index in [-0.39, 0.29) is 31.9 Å². The van der Waals surface area contributed by atoms with Crippen molar-refractivity contribution < 1.29 is 19.1 Å². The number of esters is 1. The molecule has 0 saturated heterocycles. The molecule has 6 nitrogen and oxygen atoms in total. The largest absolute Gasteiger partial charge is 0.456 e. The fraction of sp³-hybridized carbons (Fsp3) is 0.160. The summed E-state index contributed by atoms with van der Waals surface area (Å²) >= 11 is 0. The van der Waals surface area contributed by atoms with Crippen molar-refractivity contribution in [3.63, 3.8) is 0 Å². The monoisotopic (exact) mass is 416 g/mol. The average Bonchev–Trinajstić information content (AvgIpc) is 2.79. The Kier molecular flexibility index (Phi) is 7.94. The first-order valence-corrected chi connectivity index (χ1v) is 10.0. The van der Waals surface area contributed by atoms with Crippen molar-refractivity contribution in [2.75, 3.05) is 18.5 Å². The Balaban J connectivity index is 1.40. The van der Waals surface area contributed by atoms with Crippen LogP contribution in [0.5, 0.6) is 0 Å². The van der Waals surface area contributed by atoms with Crippen LogP contribution in [0.1, 0.15) is 12.0 Å². The van der Waals surface area contributed by atoms with Crippen LogP contribution in [0.25, 0.3) is 11.1 Å². The molecule has 6 heteroatoms. The number of benzene rings is 3. The first-order chi connectivity index (χ1) is 15.1. The third-order valence-corrected chi connectivity index (χ3v) is 4.51. The van der Waals surface area contributed by atoms with Crippen molar-refractivity contribution in [1.82, 2.24) is 5.32 Å². The lowest BCUT2D eigenvalue weighted by Gasteiger charge is -2.11. The third kappa shape index (κ3) is 7.12. The van der Waals surface area contributed by atoms with E-state index in [2.05, 4.69) is 10.6 Å². The van der Waals surface area contributed by atoms with Gasteiger partial charge in [0.1, 0.15) is 0 Å². The van der Waals surface area contributed by atoms with E-state index < -0.39 is 11.9 Å². The number of hydrogen-bond donors (Lipinski definition) is 2. The van der Waals surface area contributed by atoms with Gasteiger partial charge >= 0.3 is 5.97 Å². The van der Waals surface area contributed by atoms with E-state index in [0.29, 0.717) is 5.69 Å². The first-order valence-electron chi connectivity index (χ1n) is 10.0. The van der Waals surface area contributed by atoms with Crippen LogP contribution in [0, 0.1) is 0 Å². The zero-order valence-corrected chi connectivity index (χ0v) is 17.0. The Labute approximate surface area is 181 Å². The van der Waals surface area contributed by atoms with Gasteiger partial charge < -0.3 is 15.4 Å². The molecule has 0 atom stereocenters. The van der Waals surface area contributed by atoms with E-state index in [0.717, 1.165) is 16.7 Å². The van der Waals surface area contributed by atoms with Crippen LogP contribution in [-0.4, -0.2) is 30.9 Å². The molecular formula is C25H24N2O4. The molecule has 3 aromatic rings. The second kappa shape index (κ2) is 11.3. The maximum absolute atomic E-state index is 12.2. The van der Waals surface area contributed by atoms with Gasteiger partial charge in [-0.25, -0.2) is 0 Å². The minimum Gasteiger partial charge on any atom is -0.456 e. The highest BCUT2D eigenvalue weighted by atomic mass is 16.5. The highest BCUT2D eigenvalue weighted by Crippen LogP contribution is 2.27. The zero-order valence-electron chi connectivity index (χ0n) is 17.0. The molecule has 3 aromatic carbocycles. The van der Waals surface area contributed by atoms with Crippen molar-refractivity contribution in [1.29, 1.82) is 0 Å². The molecule has 31 heavy (non-hydrogen) atoms. The van der Waals surface area contributed by atoms with Crippen LogP contribution < -0.4 is 10.6 Å². The summed E-state index contributed by atoms with van der Waals surface area (Å²) in [5.41, 5.74) is 3.39. The molecule has 0 spiro atoms. The van der Waals surface area contributed by atoms with Crippen molar-refractivity contribution in [3.05, 3.63) is 90.5 Å². The van der Waals surface area contributed by atoms with Crippen LogP contribution in [0.15, 0.2) is 84.9 Å². The van der Waals surface area contributed by atoms with Gasteiger partial charge in [-0.05, 0) is 17.2 Å². The van der Waals surface area contributed by atoms with Crippen LogP contribution >= 0.6 is 0 Å². The number of para-hydroxylation sites is 1. The molecule has 0 fully saturated rings. The van der Waals surface area contributed by atoms with Gasteiger partial charge in [-0.1, -0.05) is 78.9 Å². The van der Waals surface area contributed by atoms with E-state index in [9.17, 15) is 14.4 Å². The van der Waals surface area contributed by atoms with Crippen LogP contribution in [0.4, 0.5) is 5.69 Å². The zero-order chi connectivity index (χ0) is 21.9. The van der Waals surface area contributed by atoms with Crippen molar-refractivity contribution in [2.24, 2.45) is 0 Å². The number of hydrogen-bond acceptors (Lipinski definition) is 4. The number of amides is 2. The molecule has 3 rings (SSSR count). The lowest BCUT2D eigenvalue weighted by atomic mass is 10.0. The Morgan fingerprint density at radius 2 is 1.39 bits per heavy atom. The standard InChI is InChI=1S/C25H24N2O4/c28-23(17-19-9-3-1-4-10-19)26-16-15-25(30)31-18-24(29)27-22-14-8-7-13-21(22)20-11-5-2-6-12-20/h1-14H,15-18H2,(H,26,28)(H,27,29). The van der Waals surface area contributed by atoms with E-state index in [1.54, 1.807) is 6.07 Å². The minimum atomic E-state index is -0.550. The average molecular weight is 416 g/mol. The molecular weight excluding hydrogens is 392 g/mol. The molecule has 0 radical (unpaired) electrons. The fourth-order valence-corrected chi connectivity index (χ4v) is 3.01. The summed E-state index contributed by atoms with van der Waals surface area (Å²) in [5.74, 6) is -1.15. The second-order valence-electron chi connectivity index (χ2n) is 6.88. The predicted molar refractivity (Wildman–Crippen MR) is 119 cm³/mol. The van der Waals surface area contributed by atoms with Gasteiger partial charge in [0.15, 0.2) is 6.61 Å². The van der Waals surface area contributed by atoms with Crippen molar-refractivity contribution in [2.45, 2.75) is 12.8 Å². The molecule has 0 unspecified atom stereocenters. The topological polar surface area (TPSA) is 84.5 Å². The summed E-state index contributed by atoms with van der Waals surface area (Å²) < 4.78 is 5.02. The SMILES string of the molecule is O=C(Cc1ccccc1)NCCC(=O)OCC(=O)Nc1ccccc1-c1ccccc1. The third-order valence-electron chi connectivity index (χ3n) is 4.51. The van der Waals surface area contributed by atoms with Gasteiger partial charge in [-0.2, -0.15) is 0 Å². The maximum atomic E-state index is 12.2.